The summed E-state index contributed by atoms with van der Waals surface area (Å²) in [7, 11) is 4.15. The number of pyridine rings is 1. The van der Waals surface area contributed by atoms with Gasteiger partial charge in [-0.3, -0.25) is 4.98 Å². The van der Waals surface area contributed by atoms with Crippen LogP contribution in [0.25, 0.3) is 10.9 Å². The van der Waals surface area contributed by atoms with E-state index in [0.29, 0.717) is 0 Å². The molecule has 0 atom stereocenters. The molecule has 1 heterocycles. The van der Waals surface area contributed by atoms with Crippen molar-refractivity contribution < 1.29 is 0 Å². The van der Waals surface area contributed by atoms with Crippen molar-refractivity contribution in [3.05, 3.63) is 66.4 Å². The van der Waals surface area contributed by atoms with Gasteiger partial charge in [-0.05, 0) is 56.1 Å². The Kier molecular flexibility index (Phi) is 3.84. The van der Waals surface area contributed by atoms with Crippen molar-refractivity contribution in [2.75, 3.05) is 19.4 Å². The summed E-state index contributed by atoms with van der Waals surface area (Å²) >= 11 is 0. The van der Waals surface area contributed by atoms with E-state index in [1.54, 1.807) is 6.20 Å². The fourth-order valence-electron chi connectivity index (χ4n) is 2.38. The van der Waals surface area contributed by atoms with Crippen LogP contribution in [0.1, 0.15) is 5.56 Å². The third-order valence-electron chi connectivity index (χ3n) is 3.26. The largest absolute Gasteiger partial charge is 0.355 e. The predicted octanol–water partition coefficient (Wildman–Crippen LogP) is 3.84. The van der Waals surface area contributed by atoms with Crippen molar-refractivity contribution in [1.29, 1.82) is 0 Å². The van der Waals surface area contributed by atoms with Gasteiger partial charge in [-0.25, -0.2) is 0 Å². The maximum atomic E-state index is 4.29. The number of aromatic nitrogens is 1. The number of hydrogen-bond acceptors (Lipinski definition) is 3. The topological polar surface area (TPSA) is 28.2 Å². The van der Waals surface area contributed by atoms with Crippen molar-refractivity contribution in [1.82, 2.24) is 9.88 Å². The molecule has 1 N–H and O–H groups in total. The molecule has 1 radical (unpaired) electrons. The van der Waals surface area contributed by atoms with Gasteiger partial charge in [0.2, 0.25) is 0 Å². The lowest BCUT2D eigenvalue weighted by Gasteiger charge is -2.12. The molecule has 0 aliphatic carbocycles. The molecule has 0 aliphatic rings. The summed E-state index contributed by atoms with van der Waals surface area (Å²) in [5.41, 5.74) is 4.44. The van der Waals surface area contributed by atoms with Gasteiger partial charge in [-0.1, -0.05) is 12.1 Å². The Bertz CT molecular complexity index is 750. The van der Waals surface area contributed by atoms with E-state index in [9.17, 15) is 0 Å². The number of fused-ring (bicyclic) bond motifs is 1. The molecule has 0 saturated carbocycles. The van der Waals surface area contributed by atoms with Gasteiger partial charge in [-0.2, -0.15) is 0 Å². The van der Waals surface area contributed by atoms with Gasteiger partial charge in [0.15, 0.2) is 0 Å². The zero-order valence-corrected chi connectivity index (χ0v) is 12.3. The first-order valence-corrected chi connectivity index (χ1v) is 6.97. The number of anilines is 2. The molecule has 1 aromatic heterocycles. The molecule has 3 rings (SSSR count). The Hall–Kier alpha value is -2.39. The second-order valence-electron chi connectivity index (χ2n) is 5.41. The average Bonchev–Trinajstić information content (AvgIpc) is 2.47. The monoisotopic (exact) mass is 276 g/mol. The maximum absolute atomic E-state index is 4.29. The summed E-state index contributed by atoms with van der Waals surface area (Å²) in [6, 6.07) is 19.6. The quantitative estimate of drug-likeness (QED) is 0.784. The standard InChI is InChI=1S/C18H18N3/c1-21(2)13-14-5-3-7-16(11-14)20-17-8-9-18-15(12-17)6-4-10-19-18/h3,5-12,20H,13H2,1-2H3. The van der Waals surface area contributed by atoms with Crippen LogP contribution in [0.5, 0.6) is 0 Å². The summed E-state index contributed by atoms with van der Waals surface area (Å²) < 4.78 is 0. The van der Waals surface area contributed by atoms with E-state index in [1.807, 2.05) is 18.2 Å². The van der Waals surface area contributed by atoms with Crippen LogP contribution in [0.2, 0.25) is 0 Å². The summed E-state index contributed by atoms with van der Waals surface area (Å²) in [5, 5.41) is 4.54. The van der Waals surface area contributed by atoms with Gasteiger partial charge in [0.1, 0.15) is 0 Å². The highest BCUT2D eigenvalue weighted by Gasteiger charge is 2.00. The van der Waals surface area contributed by atoms with Crippen LogP contribution >= 0.6 is 0 Å². The van der Waals surface area contributed by atoms with Gasteiger partial charge in [0.25, 0.3) is 0 Å². The molecular weight excluding hydrogens is 258 g/mol. The second kappa shape index (κ2) is 5.94. The number of hydrogen-bond donors (Lipinski definition) is 1. The highest BCUT2D eigenvalue weighted by molar-refractivity contribution is 5.83. The van der Waals surface area contributed by atoms with Gasteiger partial charge in [-0.15, -0.1) is 0 Å². The minimum atomic E-state index is 0.937. The minimum absolute atomic E-state index is 0.937. The van der Waals surface area contributed by atoms with Crippen LogP contribution in [0.4, 0.5) is 11.4 Å². The normalized spacial score (nSPS) is 11.0. The Morgan fingerprint density at radius 3 is 2.81 bits per heavy atom. The summed E-state index contributed by atoms with van der Waals surface area (Å²) in [6.45, 7) is 0.937. The maximum Gasteiger partial charge on any atom is 0.0703 e. The molecule has 0 amide bonds. The van der Waals surface area contributed by atoms with E-state index in [2.05, 4.69) is 65.7 Å². The Morgan fingerprint density at radius 2 is 1.95 bits per heavy atom. The molecule has 3 aromatic rings. The molecule has 0 aliphatic heterocycles. The molecule has 0 spiro atoms. The van der Waals surface area contributed by atoms with Crippen LogP contribution < -0.4 is 5.32 Å². The summed E-state index contributed by atoms with van der Waals surface area (Å²) in [5.74, 6) is 0. The van der Waals surface area contributed by atoms with Crippen molar-refractivity contribution in [3.8, 4) is 0 Å². The van der Waals surface area contributed by atoms with Crippen molar-refractivity contribution in [3.63, 3.8) is 0 Å². The van der Waals surface area contributed by atoms with Crippen molar-refractivity contribution >= 4 is 22.3 Å². The van der Waals surface area contributed by atoms with Gasteiger partial charge in [0, 0.05) is 35.6 Å². The number of nitrogens with one attached hydrogen (secondary N) is 1. The summed E-state index contributed by atoms with van der Waals surface area (Å²) in [4.78, 5) is 6.45. The Balaban J connectivity index is 1.84. The highest BCUT2D eigenvalue weighted by Crippen LogP contribution is 2.22. The zero-order valence-electron chi connectivity index (χ0n) is 12.3. The molecule has 3 heteroatoms. The lowest BCUT2D eigenvalue weighted by Crippen LogP contribution is -2.10. The smallest absolute Gasteiger partial charge is 0.0703 e. The molecule has 0 unspecified atom stereocenters. The fraction of sp³-hybridized carbons (Fsp3) is 0.167. The number of benzene rings is 2. The fourth-order valence-corrected chi connectivity index (χ4v) is 2.38. The SMILES string of the molecule is CN(C)Cc1cccc(Nc2ccc3nc[c]cc3c2)c1. The molecule has 2 aromatic carbocycles. The molecule has 21 heavy (non-hydrogen) atoms. The van der Waals surface area contributed by atoms with E-state index in [-0.39, 0.29) is 0 Å². The first kappa shape index (κ1) is 13.6. The van der Waals surface area contributed by atoms with Gasteiger partial charge < -0.3 is 10.2 Å². The number of rotatable bonds is 4. The van der Waals surface area contributed by atoms with E-state index >= 15 is 0 Å². The van der Waals surface area contributed by atoms with Gasteiger partial charge in [0.05, 0.1) is 5.52 Å². The molecule has 0 fully saturated rings. The Labute approximate surface area is 125 Å². The zero-order chi connectivity index (χ0) is 14.7. The van der Waals surface area contributed by atoms with E-state index in [4.69, 9.17) is 0 Å². The molecule has 0 saturated heterocycles. The molecule has 3 nitrogen and oxygen atoms in total. The van der Waals surface area contributed by atoms with Crippen molar-refractivity contribution in [2.24, 2.45) is 0 Å². The molecule has 105 valence electrons. The average molecular weight is 276 g/mol. The van der Waals surface area contributed by atoms with Gasteiger partial charge >= 0.3 is 0 Å². The predicted molar refractivity (Wildman–Crippen MR) is 87.7 cm³/mol. The Morgan fingerprint density at radius 1 is 1.10 bits per heavy atom. The van der Waals surface area contributed by atoms with E-state index in [0.717, 1.165) is 28.8 Å². The van der Waals surface area contributed by atoms with Crippen molar-refractivity contribution in [2.45, 2.75) is 6.54 Å². The summed E-state index contributed by atoms with van der Waals surface area (Å²) in [6.07, 6.45) is 1.69. The van der Waals surface area contributed by atoms with Crippen LogP contribution in [0.15, 0.2) is 54.7 Å². The third kappa shape index (κ3) is 3.38. The molecule has 0 bridgehead atoms. The third-order valence-corrected chi connectivity index (χ3v) is 3.26. The first-order chi connectivity index (χ1) is 10.2. The second-order valence-corrected chi connectivity index (χ2v) is 5.41. The van der Waals surface area contributed by atoms with Crippen LogP contribution in [0.3, 0.4) is 0 Å². The van der Waals surface area contributed by atoms with E-state index < -0.39 is 0 Å². The van der Waals surface area contributed by atoms with E-state index in [1.165, 1.54) is 5.56 Å². The van der Waals surface area contributed by atoms with Crippen LogP contribution in [0, 0.1) is 6.07 Å². The van der Waals surface area contributed by atoms with Crippen LogP contribution in [-0.4, -0.2) is 24.0 Å². The molecular formula is C18H18N3. The first-order valence-electron chi connectivity index (χ1n) is 6.97. The number of nitrogens with zero attached hydrogens (tertiary/aromatic N) is 2. The highest BCUT2D eigenvalue weighted by atomic mass is 15.0. The lowest BCUT2D eigenvalue weighted by atomic mass is 10.1. The minimum Gasteiger partial charge on any atom is -0.355 e. The van der Waals surface area contributed by atoms with Crippen LogP contribution in [-0.2, 0) is 6.54 Å². The lowest BCUT2D eigenvalue weighted by molar-refractivity contribution is 0.402.